The molecule has 28 heavy (non-hydrogen) atoms. The van der Waals surface area contributed by atoms with Gasteiger partial charge in [0, 0.05) is 38.7 Å². The Morgan fingerprint density at radius 1 is 1.04 bits per heavy atom. The van der Waals surface area contributed by atoms with E-state index in [1.165, 1.54) is 25.9 Å². The summed E-state index contributed by atoms with van der Waals surface area (Å²) in [4.78, 5) is 4.62. The van der Waals surface area contributed by atoms with Gasteiger partial charge < -0.3 is 19.6 Å². The normalized spacial score (nSPS) is 25.9. The number of benzene rings is 2. The number of hydrogen-bond donors (Lipinski definition) is 1. The van der Waals surface area contributed by atoms with E-state index in [1.54, 1.807) is 7.11 Å². The van der Waals surface area contributed by atoms with Crippen molar-refractivity contribution in [1.29, 1.82) is 0 Å². The Morgan fingerprint density at radius 3 is 2.18 bits per heavy atom. The summed E-state index contributed by atoms with van der Waals surface area (Å²) < 4.78 is 5.30. The molecule has 150 valence electrons. The first-order chi connectivity index (χ1) is 13.5. The minimum Gasteiger partial charge on any atom is -0.497 e. The Morgan fingerprint density at radius 2 is 1.68 bits per heavy atom. The van der Waals surface area contributed by atoms with Crippen LogP contribution in [0.1, 0.15) is 24.0 Å². The molecule has 0 radical (unpaired) electrons. The van der Waals surface area contributed by atoms with Crippen LogP contribution in [-0.4, -0.2) is 50.8 Å². The summed E-state index contributed by atoms with van der Waals surface area (Å²) in [5, 5.41) is 12.2. The van der Waals surface area contributed by atoms with Crippen molar-refractivity contribution in [3.8, 4) is 5.75 Å². The van der Waals surface area contributed by atoms with E-state index in [9.17, 15) is 5.11 Å². The van der Waals surface area contributed by atoms with Crippen molar-refractivity contribution in [2.24, 2.45) is 11.8 Å². The van der Waals surface area contributed by atoms with Crippen LogP contribution in [0.15, 0.2) is 48.5 Å². The summed E-state index contributed by atoms with van der Waals surface area (Å²) in [5.41, 5.74) is 2.48. The van der Waals surface area contributed by atoms with E-state index in [0.29, 0.717) is 12.3 Å². The van der Waals surface area contributed by atoms with Crippen LogP contribution in [0.25, 0.3) is 0 Å². The summed E-state index contributed by atoms with van der Waals surface area (Å²) >= 11 is 0. The maximum Gasteiger partial charge on any atom is 0.118 e. The van der Waals surface area contributed by atoms with E-state index in [4.69, 9.17) is 4.74 Å². The predicted molar refractivity (Wildman–Crippen MR) is 114 cm³/mol. The van der Waals surface area contributed by atoms with Crippen LogP contribution >= 0.6 is 0 Å². The van der Waals surface area contributed by atoms with Gasteiger partial charge in [-0.2, -0.15) is 0 Å². The number of fused-ring (bicyclic) bond motifs is 3. The molecule has 4 nitrogen and oxygen atoms in total. The molecule has 2 atom stereocenters. The number of piperidine rings is 3. The number of hydrogen-bond acceptors (Lipinski definition) is 4. The van der Waals surface area contributed by atoms with E-state index in [1.807, 2.05) is 26.2 Å². The van der Waals surface area contributed by atoms with E-state index < -0.39 is 5.60 Å². The highest BCUT2D eigenvalue weighted by Gasteiger charge is 2.47. The average Bonchev–Trinajstić information content (AvgIpc) is 2.75. The van der Waals surface area contributed by atoms with Crippen LogP contribution in [0.4, 0.5) is 5.69 Å². The molecule has 0 saturated carbocycles. The topological polar surface area (TPSA) is 35.9 Å². The van der Waals surface area contributed by atoms with Crippen molar-refractivity contribution in [1.82, 2.24) is 4.90 Å². The Hall–Kier alpha value is -2.04. The van der Waals surface area contributed by atoms with E-state index in [2.05, 4.69) is 46.2 Å². The molecular weight excluding hydrogens is 348 g/mol. The molecule has 3 heterocycles. The molecule has 2 aromatic rings. The van der Waals surface area contributed by atoms with Crippen molar-refractivity contribution in [2.45, 2.75) is 24.9 Å². The fourth-order valence-electron chi connectivity index (χ4n) is 5.06. The molecule has 1 N–H and O–H groups in total. The van der Waals surface area contributed by atoms with E-state index >= 15 is 0 Å². The highest BCUT2D eigenvalue weighted by molar-refractivity contribution is 5.47. The van der Waals surface area contributed by atoms with Gasteiger partial charge in [-0.1, -0.05) is 24.3 Å². The number of anilines is 1. The zero-order valence-corrected chi connectivity index (χ0v) is 17.3. The lowest BCUT2D eigenvalue weighted by molar-refractivity contribution is -0.101. The molecule has 2 bridgehead atoms. The second-order valence-electron chi connectivity index (χ2n) is 8.63. The van der Waals surface area contributed by atoms with Crippen LogP contribution in [0, 0.1) is 11.8 Å². The zero-order chi connectivity index (χ0) is 19.7. The van der Waals surface area contributed by atoms with E-state index in [-0.39, 0.29) is 5.92 Å². The summed E-state index contributed by atoms with van der Waals surface area (Å²) in [5.74, 6) is 1.72. The smallest absolute Gasteiger partial charge is 0.118 e. The minimum atomic E-state index is -0.858. The first-order valence-electron chi connectivity index (χ1n) is 10.3. The molecule has 0 aliphatic carbocycles. The predicted octanol–water partition coefficient (Wildman–Crippen LogP) is 3.53. The lowest BCUT2D eigenvalue weighted by Crippen LogP contribution is -2.55. The molecule has 4 heteroatoms. The van der Waals surface area contributed by atoms with Gasteiger partial charge in [0.25, 0.3) is 0 Å². The summed E-state index contributed by atoms with van der Waals surface area (Å²) in [6.45, 7) is 3.35. The Bertz CT molecular complexity index is 779. The Balaban J connectivity index is 1.69. The number of nitrogens with zero attached hydrogens (tertiary/aromatic N) is 2. The minimum absolute atomic E-state index is 0.266. The number of ether oxygens (including phenoxy) is 1. The second kappa shape index (κ2) is 7.76. The van der Waals surface area contributed by atoms with Crippen LogP contribution in [0.2, 0.25) is 0 Å². The van der Waals surface area contributed by atoms with Crippen molar-refractivity contribution in [3.05, 3.63) is 59.7 Å². The van der Waals surface area contributed by atoms with Gasteiger partial charge in [0.15, 0.2) is 0 Å². The van der Waals surface area contributed by atoms with Crippen LogP contribution in [0.5, 0.6) is 5.75 Å². The monoisotopic (exact) mass is 380 g/mol. The standard InChI is InChI=1S/C24H32N2O2/c1-25(2)21-8-6-20(7-9-21)24(27,16-18-4-10-22(28-3)11-5-18)23-17-26-14-12-19(23)13-15-26/h4-11,19,23,27H,12-17H2,1-3H3. The van der Waals surface area contributed by atoms with Crippen molar-refractivity contribution >= 4 is 5.69 Å². The fourth-order valence-corrected chi connectivity index (χ4v) is 5.06. The first-order valence-corrected chi connectivity index (χ1v) is 10.3. The maximum atomic E-state index is 12.2. The summed E-state index contributed by atoms with van der Waals surface area (Å²) in [6, 6.07) is 16.6. The first kappa shape index (κ1) is 19.3. The van der Waals surface area contributed by atoms with Gasteiger partial charge in [-0.05, 0) is 67.2 Å². The lowest BCUT2D eigenvalue weighted by Gasteiger charge is -2.51. The summed E-state index contributed by atoms with van der Waals surface area (Å²) in [7, 11) is 5.78. The summed E-state index contributed by atoms with van der Waals surface area (Å²) in [6.07, 6.45) is 3.03. The van der Waals surface area contributed by atoms with E-state index in [0.717, 1.165) is 29.1 Å². The number of aliphatic hydroxyl groups is 1. The molecule has 3 fully saturated rings. The Kier molecular flexibility index (Phi) is 5.35. The van der Waals surface area contributed by atoms with Gasteiger partial charge in [-0.25, -0.2) is 0 Å². The molecule has 0 amide bonds. The maximum absolute atomic E-state index is 12.2. The molecule has 5 rings (SSSR count). The fraction of sp³-hybridized carbons (Fsp3) is 0.500. The average molecular weight is 381 g/mol. The molecule has 3 aliphatic heterocycles. The van der Waals surface area contributed by atoms with Crippen LogP contribution < -0.4 is 9.64 Å². The van der Waals surface area contributed by atoms with Crippen molar-refractivity contribution < 1.29 is 9.84 Å². The Labute approximate surface area is 168 Å². The largest absolute Gasteiger partial charge is 0.497 e. The van der Waals surface area contributed by atoms with Gasteiger partial charge in [-0.15, -0.1) is 0 Å². The SMILES string of the molecule is COc1ccc(CC(O)(c2ccc(N(C)C)cc2)C2CN3CCC2CC3)cc1. The van der Waals surface area contributed by atoms with Crippen LogP contribution in [-0.2, 0) is 12.0 Å². The molecule has 0 spiro atoms. The van der Waals surface area contributed by atoms with Gasteiger partial charge in [0.1, 0.15) is 5.75 Å². The second-order valence-corrected chi connectivity index (χ2v) is 8.63. The molecule has 2 unspecified atom stereocenters. The van der Waals surface area contributed by atoms with Gasteiger partial charge in [0.05, 0.1) is 12.7 Å². The third-order valence-electron chi connectivity index (χ3n) is 6.79. The van der Waals surface area contributed by atoms with Crippen LogP contribution in [0.3, 0.4) is 0 Å². The third kappa shape index (κ3) is 3.63. The van der Waals surface area contributed by atoms with Gasteiger partial charge in [-0.3, -0.25) is 0 Å². The lowest BCUT2D eigenvalue weighted by atomic mass is 9.66. The highest BCUT2D eigenvalue weighted by atomic mass is 16.5. The quantitative estimate of drug-likeness (QED) is 0.832. The molecule has 3 aliphatic rings. The zero-order valence-electron chi connectivity index (χ0n) is 17.3. The molecule has 0 aromatic heterocycles. The molecule has 3 saturated heterocycles. The number of methoxy groups -OCH3 is 1. The van der Waals surface area contributed by atoms with Crippen molar-refractivity contribution in [2.75, 3.05) is 45.7 Å². The number of rotatable bonds is 6. The highest BCUT2D eigenvalue weighted by Crippen LogP contribution is 2.45. The van der Waals surface area contributed by atoms with Crippen molar-refractivity contribution in [3.63, 3.8) is 0 Å². The van der Waals surface area contributed by atoms with Gasteiger partial charge >= 0.3 is 0 Å². The molecule has 2 aromatic carbocycles. The third-order valence-corrected chi connectivity index (χ3v) is 6.79. The molecular formula is C24H32N2O2. The van der Waals surface area contributed by atoms with Gasteiger partial charge in [0.2, 0.25) is 0 Å².